The van der Waals surface area contributed by atoms with E-state index in [1.807, 2.05) is 53.4 Å². The van der Waals surface area contributed by atoms with Gasteiger partial charge in [0.05, 0.1) is 5.69 Å². The Hall–Kier alpha value is -2.69. The van der Waals surface area contributed by atoms with Crippen molar-refractivity contribution in [1.29, 1.82) is 0 Å². The molecule has 1 fully saturated rings. The molecule has 0 saturated heterocycles. The van der Waals surface area contributed by atoms with E-state index in [1.165, 1.54) is 4.90 Å². The second-order valence-corrected chi connectivity index (χ2v) is 9.78. The number of carbonyl (C=O) groups excluding carboxylic acids is 1. The van der Waals surface area contributed by atoms with Gasteiger partial charge in [0.2, 0.25) is 0 Å². The highest BCUT2D eigenvalue weighted by Crippen LogP contribution is 2.31. The second kappa shape index (κ2) is 7.62. The van der Waals surface area contributed by atoms with Crippen LogP contribution in [0.3, 0.4) is 0 Å². The molecule has 1 aliphatic rings. The molecule has 29 heavy (non-hydrogen) atoms. The molecule has 1 saturated carbocycles. The summed E-state index contributed by atoms with van der Waals surface area (Å²) in [6, 6.07) is 10.9. The van der Waals surface area contributed by atoms with Crippen molar-refractivity contribution in [2.75, 3.05) is 17.3 Å². The van der Waals surface area contributed by atoms with Gasteiger partial charge in [-0.1, -0.05) is 11.3 Å². The van der Waals surface area contributed by atoms with E-state index < -0.39 is 16.1 Å². The third-order valence-electron chi connectivity index (χ3n) is 4.50. The number of sulfonamides is 1. The maximum atomic E-state index is 12.6. The molecule has 152 valence electrons. The van der Waals surface area contributed by atoms with E-state index in [1.54, 1.807) is 14.0 Å². The van der Waals surface area contributed by atoms with Gasteiger partial charge in [0, 0.05) is 36.9 Å². The Labute approximate surface area is 173 Å². The molecular weight excluding hydrogens is 410 g/mol. The van der Waals surface area contributed by atoms with E-state index in [0.29, 0.717) is 16.5 Å². The normalized spacial score (nSPS) is 14.0. The van der Waals surface area contributed by atoms with Crippen molar-refractivity contribution >= 4 is 38.2 Å². The van der Waals surface area contributed by atoms with Crippen LogP contribution >= 0.6 is 11.3 Å². The number of carbonyl (C=O) groups is 1. The largest absolute Gasteiger partial charge is 0.327 e. The summed E-state index contributed by atoms with van der Waals surface area (Å²) < 4.78 is 29.7. The lowest BCUT2D eigenvalue weighted by Gasteiger charge is -2.15. The van der Waals surface area contributed by atoms with Crippen LogP contribution in [0.25, 0.3) is 5.69 Å². The average Bonchev–Trinajstić information content (AvgIpc) is 3.17. The molecular formula is C19H21N5O3S2. The smallest absolute Gasteiger partial charge is 0.324 e. The molecule has 10 heteroatoms. The van der Waals surface area contributed by atoms with Gasteiger partial charge in [0.25, 0.3) is 10.0 Å². The third kappa shape index (κ3) is 4.34. The fraction of sp³-hybridized carbons (Fsp3) is 0.263. The molecule has 2 heterocycles. The third-order valence-corrected chi connectivity index (χ3v) is 7.86. The molecule has 0 spiro atoms. The van der Waals surface area contributed by atoms with Gasteiger partial charge >= 0.3 is 6.03 Å². The molecule has 2 N–H and O–H groups in total. The number of hydrogen-bond donors (Lipinski definition) is 2. The van der Waals surface area contributed by atoms with Crippen LogP contribution in [0.1, 0.15) is 18.5 Å². The van der Waals surface area contributed by atoms with E-state index in [2.05, 4.69) is 15.0 Å². The topological polar surface area (TPSA) is 96.3 Å². The van der Waals surface area contributed by atoms with Crippen LogP contribution in [0, 0.1) is 6.92 Å². The number of rotatable bonds is 6. The first kappa shape index (κ1) is 19.6. The molecule has 0 atom stereocenters. The van der Waals surface area contributed by atoms with E-state index in [0.717, 1.165) is 29.9 Å². The molecule has 3 aromatic rings. The van der Waals surface area contributed by atoms with Crippen LogP contribution < -0.4 is 14.9 Å². The standard InChI is InChI=1S/C19H21N5O3S2/c1-13-17(29(26,27)22-15-5-6-15)28-19(20-13)23(2)18(25)21-14-7-9-16(10-8-14)24-11-3-4-12-24/h3-4,7-12,15,22H,5-6H2,1-2H3,(H,21,25). The summed E-state index contributed by atoms with van der Waals surface area (Å²) >= 11 is 0.984. The summed E-state index contributed by atoms with van der Waals surface area (Å²) in [5.41, 5.74) is 2.00. The Kier molecular flexibility index (Phi) is 5.15. The molecule has 0 aliphatic heterocycles. The Morgan fingerprint density at radius 2 is 1.86 bits per heavy atom. The number of aromatic nitrogens is 2. The van der Waals surface area contributed by atoms with Gasteiger partial charge in [-0.05, 0) is 56.2 Å². The summed E-state index contributed by atoms with van der Waals surface area (Å²) in [4.78, 5) is 18.2. The fourth-order valence-electron chi connectivity index (χ4n) is 2.75. The van der Waals surface area contributed by atoms with Gasteiger partial charge in [0.15, 0.2) is 9.34 Å². The summed E-state index contributed by atoms with van der Waals surface area (Å²) in [5, 5.41) is 3.12. The SMILES string of the molecule is Cc1nc(N(C)C(=O)Nc2ccc(-n3cccc3)cc2)sc1S(=O)(=O)NC1CC1. The Bertz CT molecular complexity index is 1120. The van der Waals surface area contributed by atoms with E-state index in [-0.39, 0.29) is 10.3 Å². The Morgan fingerprint density at radius 3 is 2.48 bits per heavy atom. The van der Waals surface area contributed by atoms with E-state index in [4.69, 9.17) is 0 Å². The van der Waals surface area contributed by atoms with Crippen molar-refractivity contribution in [1.82, 2.24) is 14.3 Å². The highest BCUT2D eigenvalue weighted by Gasteiger charge is 2.31. The van der Waals surface area contributed by atoms with Crippen molar-refractivity contribution in [2.45, 2.75) is 30.0 Å². The zero-order chi connectivity index (χ0) is 20.6. The Balaban J connectivity index is 1.46. The zero-order valence-electron chi connectivity index (χ0n) is 16.0. The van der Waals surface area contributed by atoms with E-state index in [9.17, 15) is 13.2 Å². The molecule has 2 amide bonds. The maximum Gasteiger partial charge on any atom is 0.327 e. The van der Waals surface area contributed by atoms with Crippen molar-refractivity contribution in [2.24, 2.45) is 0 Å². The first-order valence-electron chi connectivity index (χ1n) is 9.11. The molecule has 0 unspecified atom stereocenters. The van der Waals surface area contributed by atoms with Gasteiger partial charge in [-0.15, -0.1) is 0 Å². The van der Waals surface area contributed by atoms with Crippen molar-refractivity contribution in [3.63, 3.8) is 0 Å². The van der Waals surface area contributed by atoms with Crippen LogP contribution in [0.2, 0.25) is 0 Å². The second-order valence-electron chi connectivity index (χ2n) is 6.89. The van der Waals surface area contributed by atoms with Gasteiger partial charge < -0.3 is 9.88 Å². The summed E-state index contributed by atoms with van der Waals surface area (Å²) in [6.07, 6.45) is 5.59. The summed E-state index contributed by atoms with van der Waals surface area (Å²) in [6.45, 7) is 1.63. The molecule has 8 nitrogen and oxygen atoms in total. The summed E-state index contributed by atoms with van der Waals surface area (Å²) in [5.74, 6) is 0. The fourth-order valence-corrected chi connectivity index (χ4v) is 5.54. The number of nitrogens with one attached hydrogen (secondary N) is 2. The lowest BCUT2D eigenvalue weighted by Crippen LogP contribution is -2.31. The maximum absolute atomic E-state index is 12.6. The predicted molar refractivity (Wildman–Crippen MR) is 113 cm³/mol. The highest BCUT2D eigenvalue weighted by atomic mass is 32.2. The van der Waals surface area contributed by atoms with Crippen LogP contribution in [-0.2, 0) is 10.0 Å². The number of aryl methyl sites for hydroxylation is 1. The minimum absolute atomic E-state index is 0.0143. The van der Waals surface area contributed by atoms with Crippen molar-refractivity contribution in [3.05, 3.63) is 54.5 Å². The average molecular weight is 432 g/mol. The number of urea groups is 1. The minimum atomic E-state index is -3.61. The van der Waals surface area contributed by atoms with Crippen LogP contribution in [0.4, 0.5) is 15.6 Å². The van der Waals surface area contributed by atoms with Crippen molar-refractivity contribution < 1.29 is 13.2 Å². The highest BCUT2D eigenvalue weighted by molar-refractivity contribution is 7.91. The number of benzene rings is 1. The minimum Gasteiger partial charge on any atom is -0.324 e. The molecule has 2 aromatic heterocycles. The van der Waals surface area contributed by atoms with Crippen molar-refractivity contribution in [3.8, 4) is 5.69 Å². The van der Waals surface area contributed by atoms with Crippen LogP contribution in [-0.4, -0.2) is 37.1 Å². The molecule has 0 radical (unpaired) electrons. The van der Waals surface area contributed by atoms with Crippen LogP contribution in [0.15, 0.2) is 53.0 Å². The van der Waals surface area contributed by atoms with Gasteiger partial charge in [-0.25, -0.2) is 22.9 Å². The van der Waals surface area contributed by atoms with Gasteiger partial charge in [-0.2, -0.15) is 0 Å². The van der Waals surface area contributed by atoms with Gasteiger partial charge in [-0.3, -0.25) is 4.90 Å². The summed E-state index contributed by atoms with van der Waals surface area (Å²) in [7, 11) is -2.04. The molecule has 1 aliphatic carbocycles. The first-order chi connectivity index (χ1) is 13.8. The van der Waals surface area contributed by atoms with Gasteiger partial charge in [0.1, 0.15) is 0 Å². The monoisotopic (exact) mass is 431 g/mol. The Morgan fingerprint density at radius 1 is 1.21 bits per heavy atom. The number of anilines is 2. The number of hydrogen-bond acceptors (Lipinski definition) is 5. The number of nitrogens with zero attached hydrogens (tertiary/aromatic N) is 3. The van der Waals surface area contributed by atoms with E-state index >= 15 is 0 Å². The molecule has 1 aromatic carbocycles. The zero-order valence-corrected chi connectivity index (χ0v) is 17.6. The predicted octanol–water partition coefficient (Wildman–Crippen LogP) is 3.35. The number of amides is 2. The molecule has 4 rings (SSSR count). The van der Waals surface area contributed by atoms with Crippen LogP contribution in [0.5, 0.6) is 0 Å². The quantitative estimate of drug-likeness (QED) is 0.626. The number of thiazole rings is 1. The lowest BCUT2D eigenvalue weighted by molar-refractivity contribution is 0.258. The molecule has 0 bridgehead atoms. The lowest BCUT2D eigenvalue weighted by atomic mass is 10.3. The first-order valence-corrected chi connectivity index (χ1v) is 11.4.